The van der Waals surface area contributed by atoms with E-state index in [1.807, 2.05) is 11.8 Å². The molecule has 1 fully saturated rings. The smallest absolute Gasteiger partial charge is 0.347 e. The molecule has 0 N–H and O–H groups in total. The Morgan fingerprint density at radius 3 is 2.84 bits per heavy atom. The van der Waals surface area contributed by atoms with Gasteiger partial charge in [0, 0.05) is 13.1 Å². The third kappa shape index (κ3) is 3.32. The molecule has 1 aromatic heterocycles. The number of carbonyl (C=O) groups excluding carboxylic acids is 1. The van der Waals surface area contributed by atoms with Crippen LogP contribution in [0.3, 0.4) is 0 Å². The largest absolute Gasteiger partial charge is 0.466 e. The SMILES string of the molecule is CCC(Oc1nsnc1N1CCOCC1)C(=O)OC. The van der Waals surface area contributed by atoms with Gasteiger partial charge in [-0.15, -0.1) is 4.37 Å². The molecule has 0 amide bonds. The van der Waals surface area contributed by atoms with Crippen LogP contribution in [-0.2, 0) is 14.3 Å². The first-order valence-electron chi connectivity index (χ1n) is 6.16. The number of rotatable bonds is 5. The zero-order valence-electron chi connectivity index (χ0n) is 11.0. The lowest BCUT2D eigenvalue weighted by Gasteiger charge is -2.27. The Hall–Kier alpha value is -1.41. The fraction of sp³-hybridized carbons (Fsp3) is 0.727. The van der Waals surface area contributed by atoms with Crippen LogP contribution in [0, 0.1) is 0 Å². The van der Waals surface area contributed by atoms with Crippen molar-refractivity contribution in [1.29, 1.82) is 0 Å². The minimum atomic E-state index is -0.645. The van der Waals surface area contributed by atoms with E-state index in [1.54, 1.807) is 0 Å². The minimum absolute atomic E-state index is 0.393. The van der Waals surface area contributed by atoms with Gasteiger partial charge in [-0.2, -0.15) is 4.37 Å². The summed E-state index contributed by atoms with van der Waals surface area (Å²) in [6, 6.07) is 0. The van der Waals surface area contributed by atoms with Crippen molar-refractivity contribution in [3.05, 3.63) is 0 Å². The van der Waals surface area contributed by atoms with E-state index < -0.39 is 12.1 Å². The van der Waals surface area contributed by atoms with Gasteiger partial charge in [0.1, 0.15) is 0 Å². The van der Waals surface area contributed by atoms with Crippen molar-refractivity contribution in [2.24, 2.45) is 0 Å². The van der Waals surface area contributed by atoms with Crippen LogP contribution in [0.4, 0.5) is 5.82 Å². The summed E-state index contributed by atoms with van der Waals surface area (Å²) in [5.74, 6) is 0.670. The minimum Gasteiger partial charge on any atom is -0.466 e. The molecule has 1 unspecified atom stereocenters. The molecule has 0 radical (unpaired) electrons. The molecule has 8 heteroatoms. The van der Waals surface area contributed by atoms with E-state index in [0.717, 1.165) is 24.8 Å². The van der Waals surface area contributed by atoms with Crippen molar-refractivity contribution in [3.8, 4) is 5.88 Å². The highest BCUT2D eigenvalue weighted by molar-refractivity contribution is 6.99. The number of esters is 1. The molecule has 0 spiro atoms. The number of methoxy groups -OCH3 is 1. The van der Waals surface area contributed by atoms with Crippen LogP contribution in [-0.4, -0.2) is 54.2 Å². The number of hydrogen-bond acceptors (Lipinski definition) is 8. The Balaban J connectivity index is 2.08. The average molecular weight is 287 g/mol. The van der Waals surface area contributed by atoms with Gasteiger partial charge >= 0.3 is 5.97 Å². The summed E-state index contributed by atoms with van der Waals surface area (Å²) in [6.45, 7) is 4.67. The third-order valence-corrected chi connectivity index (χ3v) is 3.34. The summed E-state index contributed by atoms with van der Waals surface area (Å²) < 4.78 is 24.0. The molecule has 1 aliphatic rings. The second-order valence-electron chi connectivity index (χ2n) is 4.03. The maximum absolute atomic E-state index is 11.5. The van der Waals surface area contributed by atoms with Crippen LogP contribution in [0.15, 0.2) is 0 Å². The first-order valence-corrected chi connectivity index (χ1v) is 6.89. The lowest BCUT2D eigenvalue weighted by molar-refractivity contribution is -0.149. The summed E-state index contributed by atoms with van der Waals surface area (Å²) >= 11 is 1.07. The van der Waals surface area contributed by atoms with E-state index in [4.69, 9.17) is 14.2 Å². The second kappa shape index (κ2) is 6.67. The fourth-order valence-corrected chi connectivity index (χ4v) is 2.29. The summed E-state index contributed by atoms with van der Waals surface area (Å²) in [6.07, 6.45) is -0.124. The predicted octanol–water partition coefficient (Wildman–Crippen LogP) is 0.705. The lowest BCUT2D eigenvalue weighted by Crippen LogP contribution is -2.37. The zero-order valence-corrected chi connectivity index (χ0v) is 11.8. The Bertz CT molecular complexity index is 420. The molecule has 19 heavy (non-hydrogen) atoms. The van der Waals surface area contributed by atoms with Gasteiger partial charge in [0.2, 0.25) is 5.82 Å². The molecular formula is C11H17N3O4S. The number of aromatic nitrogens is 2. The van der Waals surface area contributed by atoms with Crippen LogP contribution in [0.5, 0.6) is 5.88 Å². The van der Waals surface area contributed by atoms with E-state index in [0.29, 0.717) is 31.3 Å². The van der Waals surface area contributed by atoms with Crippen molar-refractivity contribution in [2.75, 3.05) is 38.3 Å². The van der Waals surface area contributed by atoms with Gasteiger partial charge in [0.15, 0.2) is 6.10 Å². The maximum Gasteiger partial charge on any atom is 0.347 e. The van der Waals surface area contributed by atoms with E-state index in [2.05, 4.69) is 8.75 Å². The van der Waals surface area contributed by atoms with Crippen LogP contribution < -0.4 is 9.64 Å². The maximum atomic E-state index is 11.5. The Kier molecular flexibility index (Phi) is 4.92. The van der Waals surface area contributed by atoms with Gasteiger partial charge in [-0.1, -0.05) is 6.92 Å². The second-order valence-corrected chi connectivity index (χ2v) is 4.56. The van der Waals surface area contributed by atoms with Gasteiger partial charge in [-0.25, -0.2) is 4.79 Å². The Morgan fingerprint density at radius 2 is 2.21 bits per heavy atom. The summed E-state index contributed by atoms with van der Waals surface area (Å²) in [4.78, 5) is 13.6. The van der Waals surface area contributed by atoms with Crippen molar-refractivity contribution >= 4 is 23.5 Å². The zero-order chi connectivity index (χ0) is 13.7. The van der Waals surface area contributed by atoms with Crippen molar-refractivity contribution in [3.63, 3.8) is 0 Å². The van der Waals surface area contributed by atoms with E-state index in [9.17, 15) is 4.79 Å². The highest BCUT2D eigenvalue weighted by Crippen LogP contribution is 2.27. The van der Waals surface area contributed by atoms with Crippen molar-refractivity contribution in [2.45, 2.75) is 19.4 Å². The number of hydrogen-bond donors (Lipinski definition) is 0. The molecule has 0 bridgehead atoms. The number of anilines is 1. The summed E-state index contributed by atoms with van der Waals surface area (Å²) in [5.41, 5.74) is 0. The molecule has 0 aliphatic carbocycles. The van der Waals surface area contributed by atoms with Gasteiger partial charge < -0.3 is 19.1 Å². The molecule has 7 nitrogen and oxygen atoms in total. The van der Waals surface area contributed by atoms with E-state index in [-0.39, 0.29) is 0 Å². The predicted molar refractivity (Wildman–Crippen MR) is 69.7 cm³/mol. The Morgan fingerprint density at radius 1 is 1.47 bits per heavy atom. The molecule has 0 aromatic carbocycles. The highest BCUT2D eigenvalue weighted by atomic mass is 32.1. The topological polar surface area (TPSA) is 73.8 Å². The third-order valence-electron chi connectivity index (χ3n) is 2.84. The number of morpholine rings is 1. The number of ether oxygens (including phenoxy) is 3. The quantitative estimate of drug-likeness (QED) is 0.738. The van der Waals surface area contributed by atoms with Gasteiger partial charge in [0.25, 0.3) is 5.88 Å². The summed E-state index contributed by atoms with van der Waals surface area (Å²) in [7, 11) is 1.34. The van der Waals surface area contributed by atoms with Crippen LogP contribution >= 0.6 is 11.7 Å². The monoisotopic (exact) mass is 287 g/mol. The first kappa shape index (κ1) is 14.0. The molecule has 0 saturated carbocycles. The first-order chi connectivity index (χ1) is 9.26. The molecular weight excluding hydrogens is 270 g/mol. The molecule has 2 rings (SSSR count). The molecule has 1 saturated heterocycles. The molecule has 1 aliphatic heterocycles. The number of carbonyl (C=O) groups is 1. The molecule has 2 heterocycles. The standard InChI is InChI=1S/C11H17N3O4S/c1-3-8(11(15)16-2)18-10-9(12-19-13-10)14-4-6-17-7-5-14/h8H,3-7H2,1-2H3. The van der Waals surface area contributed by atoms with E-state index in [1.165, 1.54) is 7.11 Å². The molecule has 1 atom stereocenters. The van der Waals surface area contributed by atoms with Gasteiger partial charge in [-0.3, -0.25) is 0 Å². The Labute approximate surface area is 115 Å². The van der Waals surface area contributed by atoms with Crippen LogP contribution in [0.1, 0.15) is 13.3 Å². The highest BCUT2D eigenvalue weighted by Gasteiger charge is 2.25. The number of nitrogens with zero attached hydrogens (tertiary/aromatic N) is 3. The van der Waals surface area contributed by atoms with Crippen LogP contribution in [0.25, 0.3) is 0 Å². The van der Waals surface area contributed by atoms with Crippen molar-refractivity contribution in [1.82, 2.24) is 8.75 Å². The van der Waals surface area contributed by atoms with Crippen molar-refractivity contribution < 1.29 is 19.0 Å². The normalized spacial score (nSPS) is 17.1. The summed E-state index contributed by atoms with van der Waals surface area (Å²) in [5, 5.41) is 0. The lowest BCUT2D eigenvalue weighted by atomic mass is 10.3. The molecule has 1 aromatic rings. The van der Waals surface area contributed by atoms with E-state index >= 15 is 0 Å². The molecule has 106 valence electrons. The van der Waals surface area contributed by atoms with Crippen LogP contribution in [0.2, 0.25) is 0 Å². The van der Waals surface area contributed by atoms with Gasteiger partial charge in [-0.05, 0) is 6.42 Å². The fourth-order valence-electron chi connectivity index (χ4n) is 1.78. The van der Waals surface area contributed by atoms with Gasteiger partial charge in [0.05, 0.1) is 32.1 Å². The average Bonchev–Trinajstić information content (AvgIpc) is 2.93.